The molecule has 1 aliphatic heterocycles. The number of anilines is 1. The molecule has 1 fully saturated rings. The molecule has 3 aromatic rings. The van der Waals surface area contributed by atoms with Gasteiger partial charge in [0, 0.05) is 18.8 Å². The second kappa shape index (κ2) is 10.3. The number of hydrogen-bond acceptors (Lipinski definition) is 4. The summed E-state index contributed by atoms with van der Waals surface area (Å²) in [6.07, 6.45) is 1.72. The van der Waals surface area contributed by atoms with Crippen molar-refractivity contribution in [1.29, 1.82) is 0 Å². The summed E-state index contributed by atoms with van der Waals surface area (Å²) in [7, 11) is -3.51. The second-order valence-corrected chi connectivity index (χ2v) is 10.3. The Morgan fingerprint density at radius 1 is 0.812 bits per heavy atom. The Morgan fingerprint density at radius 2 is 1.31 bits per heavy atom. The molecule has 0 saturated carbocycles. The van der Waals surface area contributed by atoms with E-state index >= 15 is 0 Å². The zero-order valence-electron chi connectivity index (χ0n) is 18.2. The lowest BCUT2D eigenvalue weighted by Gasteiger charge is -2.34. The molecular weight excluding hydrogens is 418 g/mol. The smallest absolute Gasteiger partial charge is 0.212 e. The molecule has 4 rings (SSSR count). The highest BCUT2D eigenvalue weighted by atomic mass is 32.2. The van der Waals surface area contributed by atoms with Crippen LogP contribution in [0, 0.1) is 5.92 Å². The zero-order valence-corrected chi connectivity index (χ0v) is 19.0. The van der Waals surface area contributed by atoms with Crippen molar-refractivity contribution in [2.75, 3.05) is 23.7 Å². The monoisotopic (exact) mass is 449 g/mol. The van der Waals surface area contributed by atoms with E-state index in [0.717, 1.165) is 37.1 Å². The van der Waals surface area contributed by atoms with E-state index in [0.29, 0.717) is 0 Å². The summed E-state index contributed by atoms with van der Waals surface area (Å²) in [5.41, 5.74) is 9.53. The van der Waals surface area contributed by atoms with E-state index in [-0.39, 0.29) is 11.7 Å². The third-order valence-corrected chi connectivity index (χ3v) is 7.72. The van der Waals surface area contributed by atoms with E-state index in [1.165, 1.54) is 5.69 Å². The molecule has 2 atom stereocenters. The van der Waals surface area contributed by atoms with Gasteiger partial charge in [-0.3, -0.25) is 0 Å². The van der Waals surface area contributed by atoms with E-state index in [2.05, 4.69) is 21.8 Å². The van der Waals surface area contributed by atoms with E-state index < -0.39 is 22.1 Å². The minimum absolute atomic E-state index is 0.125. The fourth-order valence-electron chi connectivity index (χ4n) is 4.43. The highest BCUT2D eigenvalue weighted by molar-refractivity contribution is 7.89. The van der Waals surface area contributed by atoms with Crippen molar-refractivity contribution < 1.29 is 8.42 Å². The average molecular weight is 450 g/mol. The van der Waals surface area contributed by atoms with Crippen LogP contribution in [-0.2, 0) is 10.0 Å². The van der Waals surface area contributed by atoms with Crippen molar-refractivity contribution in [2.24, 2.45) is 11.7 Å². The molecule has 0 amide bonds. The molecule has 168 valence electrons. The molecular formula is C26H31N3O2S. The van der Waals surface area contributed by atoms with Crippen LogP contribution in [0.1, 0.15) is 36.1 Å². The van der Waals surface area contributed by atoms with Gasteiger partial charge >= 0.3 is 0 Å². The standard InChI is InChI=1S/C26H31N3O2S/c27-25(22-10-4-1-5-11-22)26(23-12-6-2-7-13-23)28-32(30,31)20-21-16-18-29(19-17-21)24-14-8-3-9-15-24/h1-15,21,25-26,28H,16-20,27H2. The molecule has 0 spiro atoms. The zero-order chi connectivity index (χ0) is 22.4. The lowest BCUT2D eigenvalue weighted by molar-refractivity contribution is 0.429. The van der Waals surface area contributed by atoms with Gasteiger partial charge in [-0.25, -0.2) is 13.1 Å². The normalized spacial score (nSPS) is 17.1. The van der Waals surface area contributed by atoms with Gasteiger partial charge < -0.3 is 10.6 Å². The van der Waals surface area contributed by atoms with Gasteiger partial charge in [0.05, 0.1) is 17.8 Å². The van der Waals surface area contributed by atoms with Crippen LogP contribution in [0.4, 0.5) is 5.69 Å². The van der Waals surface area contributed by atoms with E-state index in [1.54, 1.807) is 0 Å². The molecule has 3 aromatic carbocycles. The van der Waals surface area contributed by atoms with Crippen molar-refractivity contribution in [3.8, 4) is 0 Å². The Hall–Kier alpha value is -2.67. The lowest BCUT2D eigenvalue weighted by Crippen LogP contribution is -2.41. The second-order valence-electron chi connectivity index (χ2n) is 8.49. The third-order valence-electron chi connectivity index (χ3n) is 6.20. The summed E-state index contributed by atoms with van der Waals surface area (Å²) >= 11 is 0. The summed E-state index contributed by atoms with van der Waals surface area (Å²) in [5, 5.41) is 0. The first-order valence-corrected chi connectivity index (χ1v) is 12.8. The molecule has 6 heteroatoms. The van der Waals surface area contributed by atoms with Crippen LogP contribution in [0.3, 0.4) is 0 Å². The number of para-hydroxylation sites is 1. The van der Waals surface area contributed by atoms with E-state index in [1.807, 2.05) is 78.9 Å². The summed E-state index contributed by atoms with van der Waals surface area (Å²) in [6.45, 7) is 1.74. The molecule has 5 nitrogen and oxygen atoms in total. The Morgan fingerprint density at radius 3 is 1.88 bits per heavy atom. The molecule has 1 aliphatic rings. The van der Waals surface area contributed by atoms with Crippen LogP contribution in [0.5, 0.6) is 0 Å². The number of piperidine rings is 1. The number of nitrogens with zero attached hydrogens (tertiary/aromatic N) is 1. The predicted octanol–water partition coefficient (Wildman–Crippen LogP) is 4.26. The van der Waals surface area contributed by atoms with Crippen LogP contribution in [0.25, 0.3) is 0 Å². The fourth-order valence-corrected chi connectivity index (χ4v) is 6.15. The van der Waals surface area contributed by atoms with Gasteiger partial charge in [-0.2, -0.15) is 0 Å². The SMILES string of the molecule is NC(c1ccccc1)C(NS(=O)(=O)CC1CCN(c2ccccc2)CC1)c1ccccc1. The Bertz CT molecular complexity index is 1070. The summed E-state index contributed by atoms with van der Waals surface area (Å²) in [5.74, 6) is 0.261. The van der Waals surface area contributed by atoms with Crippen molar-refractivity contribution in [3.63, 3.8) is 0 Å². The number of rotatable bonds is 8. The van der Waals surface area contributed by atoms with Gasteiger partial charge in [0.15, 0.2) is 0 Å². The summed E-state index contributed by atoms with van der Waals surface area (Å²) in [6, 6.07) is 28.5. The minimum Gasteiger partial charge on any atom is -0.372 e. The largest absolute Gasteiger partial charge is 0.372 e. The maximum absolute atomic E-state index is 13.2. The van der Waals surface area contributed by atoms with Gasteiger partial charge in [0.2, 0.25) is 10.0 Å². The lowest BCUT2D eigenvalue weighted by atomic mass is 9.95. The predicted molar refractivity (Wildman–Crippen MR) is 131 cm³/mol. The van der Waals surface area contributed by atoms with Crippen LogP contribution in [0.15, 0.2) is 91.0 Å². The Balaban J connectivity index is 1.44. The van der Waals surface area contributed by atoms with E-state index in [9.17, 15) is 8.42 Å². The average Bonchev–Trinajstić information content (AvgIpc) is 2.84. The maximum Gasteiger partial charge on any atom is 0.212 e. The molecule has 0 bridgehead atoms. The van der Waals surface area contributed by atoms with E-state index in [4.69, 9.17) is 5.73 Å². The first-order chi connectivity index (χ1) is 15.5. The van der Waals surface area contributed by atoms with Crippen LogP contribution in [-0.4, -0.2) is 27.3 Å². The summed E-state index contributed by atoms with van der Waals surface area (Å²) < 4.78 is 29.3. The minimum atomic E-state index is -3.51. The van der Waals surface area contributed by atoms with Gasteiger partial charge in [-0.15, -0.1) is 0 Å². The Kier molecular flexibility index (Phi) is 7.25. The summed E-state index contributed by atoms with van der Waals surface area (Å²) in [4.78, 5) is 2.33. The van der Waals surface area contributed by atoms with Gasteiger partial charge in [-0.1, -0.05) is 78.9 Å². The maximum atomic E-state index is 13.2. The number of hydrogen-bond donors (Lipinski definition) is 2. The van der Waals surface area contributed by atoms with Gasteiger partial charge in [0.25, 0.3) is 0 Å². The van der Waals surface area contributed by atoms with Gasteiger partial charge in [-0.05, 0) is 42.0 Å². The molecule has 32 heavy (non-hydrogen) atoms. The molecule has 0 radical (unpaired) electrons. The molecule has 1 heterocycles. The third kappa shape index (κ3) is 5.76. The molecule has 0 aromatic heterocycles. The van der Waals surface area contributed by atoms with Gasteiger partial charge in [0.1, 0.15) is 0 Å². The topological polar surface area (TPSA) is 75.4 Å². The molecule has 2 unspecified atom stereocenters. The van der Waals surface area contributed by atoms with Crippen molar-refractivity contribution in [3.05, 3.63) is 102 Å². The first kappa shape index (κ1) is 22.5. The van der Waals surface area contributed by atoms with Crippen LogP contribution >= 0.6 is 0 Å². The molecule has 1 saturated heterocycles. The van der Waals surface area contributed by atoms with Crippen molar-refractivity contribution in [2.45, 2.75) is 24.9 Å². The highest BCUT2D eigenvalue weighted by Gasteiger charge is 2.30. The number of sulfonamides is 1. The number of benzene rings is 3. The fraction of sp³-hybridized carbons (Fsp3) is 0.308. The molecule has 3 N–H and O–H groups in total. The van der Waals surface area contributed by atoms with Crippen LogP contribution < -0.4 is 15.4 Å². The number of nitrogens with two attached hydrogens (primary N) is 1. The molecule has 0 aliphatic carbocycles. The van der Waals surface area contributed by atoms with Crippen LogP contribution in [0.2, 0.25) is 0 Å². The Labute approximate surface area is 191 Å². The van der Waals surface area contributed by atoms with Crippen molar-refractivity contribution in [1.82, 2.24) is 4.72 Å². The number of nitrogens with one attached hydrogen (secondary N) is 1. The highest BCUT2D eigenvalue weighted by Crippen LogP contribution is 2.29. The quantitative estimate of drug-likeness (QED) is 0.539. The first-order valence-electron chi connectivity index (χ1n) is 11.2. The van der Waals surface area contributed by atoms with Crippen molar-refractivity contribution >= 4 is 15.7 Å².